The molecule has 0 fully saturated rings. The molecule has 65 heavy (non-hydrogen) atoms. The Morgan fingerprint density at radius 2 is 0.646 bits per heavy atom. The molecule has 304 valence electrons. The Bertz CT molecular complexity index is 4090. The zero-order valence-electron chi connectivity index (χ0n) is 35.9. The van der Waals surface area contributed by atoms with Gasteiger partial charge >= 0.3 is 0 Å². The first-order valence-corrected chi connectivity index (χ1v) is 22.6. The van der Waals surface area contributed by atoms with Gasteiger partial charge in [0.1, 0.15) is 22.3 Å². The van der Waals surface area contributed by atoms with Crippen molar-refractivity contribution in [1.82, 2.24) is 0 Å². The highest BCUT2D eigenvalue weighted by Gasteiger charge is 2.36. The van der Waals surface area contributed by atoms with Gasteiger partial charge in [0.15, 0.2) is 0 Å². The van der Waals surface area contributed by atoms with Crippen molar-refractivity contribution in [2.24, 2.45) is 0 Å². The minimum Gasteiger partial charge on any atom is -0.456 e. The zero-order chi connectivity index (χ0) is 43.0. The second kappa shape index (κ2) is 13.4. The van der Waals surface area contributed by atoms with E-state index in [9.17, 15) is 0 Å². The standard InChI is InChI=1S/C63H40O2/c1-63(2)56-16-8-7-14-50(56)62-44(15-9-17-57(62)63)43-28-31-59-53(34-43)55-36-60-54(35-61(55)65-59)52-33-42(27-30-58(52)64-60)40-24-20-38(21-25-40)37-18-22-39(23-19-37)41-26-29-49-47-12-4-3-10-45(47)46-11-5-6-13-48(46)51(49)32-41/h3-36H,1-2H3. The van der Waals surface area contributed by atoms with E-state index in [0.717, 1.165) is 55.0 Å². The highest BCUT2D eigenvalue weighted by Crippen LogP contribution is 2.52. The smallest absolute Gasteiger partial charge is 0.136 e. The van der Waals surface area contributed by atoms with E-state index in [4.69, 9.17) is 8.83 Å². The third kappa shape index (κ3) is 5.35. The fraction of sp³-hybridized carbons (Fsp3) is 0.0476. The second-order valence-electron chi connectivity index (χ2n) is 18.4. The number of hydrogen-bond donors (Lipinski definition) is 0. The maximum absolute atomic E-state index is 6.56. The average Bonchev–Trinajstić information content (AvgIpc) is 3.99. The number of rotatable bonds is 4. The topological polar surface area (TPSA) is 26.3 Å². The molecule has 2 heteroatoms. The van der Waals surface area contributed by atoms with Crippen LogP contribution in [0.1, 0.15) is 25.0 Å². The van der Waals surface area contributed by atoms with E-state index < -0.39 is 0 Å². The van der Waals surface area contributed by atoms with E-state index in [1.807, 2.05) is 0 Å². The summed E-state index contributed by atoms with van der Waals surface area (Å²) in [4.78, 5) is 0. The van der Waals surface area contributed by atoms with Crippen LogP contribution in [-0.4, -0.2) is 0 Å². The fourth-order valence-electron chi connectivity index (χ4n) is 11.2. The molecule has 0 unspecified atom stereocenters. The molecule has 13 aromatic rings. The summed E-state index contributed by atoms with van der Waals surface area (Å²) in [6.45, 7) is 4.67. The Hall–Kier alpha value is -8.20. The number of hydrogen-bond acceptors (Lipinski definition) is 2. The van der Waals surface area contributed by atoms with Gasteiger partial charge in [0.2, 0.25) is 0 Å². The first kappa shape index (κ1) is 36.3. The normalized spacial score (nSPS) is 13.2. The number of benzene rings is 11. The van der Waals surface area contributed by atoms with Crippen LogP contribution in [0.2, 0.25) is 0 Å². The van der Waals surface area contributed by atoms with Crippen LogP contribution in [0.15, 0.2) is 215 Å². The van der Waals surface area contributed by atoms with Crippen LogP contribution in [0.3, 0.4) is 0 Å². The quantitative estimate of drug-likeness (QED) is 0.165. The molecule has 0 aliphatic heterocycles. The zero-order valence-corrected chi connectivity index (χ0v) is 35.9. The van der Waals surface area contributed by atoms with Gasteiger partial charge in [-0.25, -0.2) is 0 Å². The summed E-state index contributed by atoms with van der Waals surface area (Å²) in [6.07, 6.45) is 0. The van der Waals surface area contributed by atoms with E-state index in [2.05, 4.69) is 220 Å². The minimum absolute atomic E-state index is 0.0499. The monoisotopic (exact) mass is 828 g/mol. The highest BCUT2D eigenvalue weighted by molar-refractivity contribution is 6.26. The number of furan rings is 2. The fourth-order valence-corrected chi connectivity index (χ4v) is 11.2. The van der Waals surface area contributed by atoms with Crippen LogP contribution in [0.25, 0.3) is 132 Å². The van der Waals surface area contributed by atoms with Crippen LogP contribution in [-0.2, 0) is 5.41 Å². The SMILES string of the molecule is CC1(C)c2ccccc2-c2c(-c3ccc4oc5cc6c(cc5c4c3)oc3ccc(-c4ccc(-c5ccc(-c7ccc8c9ccccc9c9ccccc9c8c7)cc5)cc4)cc36)cccc21. The predicted molar refractivity (Wildman–Crippen MR) is 273 cm³/mol. The summed E-state index contributed by atoms with van der Waals surface area (Å²) in [6, 6.07) is 75.4. The molecule has 2 heterocycles. The van der Waals surface area contributed by atoms with Gasteiger partial charge in [-0.3, -0.25) is 0 Å². The molecule has 14 rings (SSSR count). The van der Waals surface area contributed by atoms with Gasteiger partial charge in [-0.15, -0.1) is 0 Å². The molecule has 11 aromatic carbocycles. The van der Waals surface area contributed by atoms with Gasteiger partial charge in [-0.05, 0) is 142 Å². The molecule has 0 saturated carbocycles. The van der Waals surface area contributed by atoms with Crippen molar-refractivity contribution in [3.05, 3.63) is 217 Å². The van der Waals surface area contributed by atoms with Crippen LogP contribution < -0.4 is 0 Å². The molecule has 1 aliphatic rings. The average molecular weight is 829 g/mol. The predicted octanol–water partition coefficient (Wildman–Crippen LogP) is 17.9. The van der Waals surface area contributed by atoms with E-state index in [-0.39, 0.29) is 5.41 Å². The summed E-state index contributed by atoms with van der Waals surface area (Å²) < 4.78 is 13.1. The van der Waals surface area contributed by atoms with Crippen molar-refractivity contribution < 1.29 is 8.83 Å². The molecule has 1 aliphatic carbocycles. The summed E-state index contributed by atoms with van der Waals surface area (Å²) in [5, 5.41) is 12.1. The molecule has 0 atom stereocenters. The first-order chi connectivity index (χ1) is 31.9. The van der Waals surface area contributed by atoms with Crippen LogP contribution in [0.5, 0.6) is 0 Å². The lowest BCUT2D eigenvalue weighted by molar-refractivity contribution is 0.660. The summed E-state index contributed by atoms with van der Waals surface area (Å²) in [7, 11) is 0. The van der Waals surface area contributed by atoms with Gasteiger partial charge in [-0.2, -0.15) is 0 Å². The summed E-state index contributed by atoms with van der Waals surface area (Å²) >= 11 is 0. The van der Waals surface area contributed by atoms with Gasteiger partial charge in [0.05, 0.1) is 0 Å². The molecule has 0 N–H and O–H groups in total. The van der Waals surface area contributed by atoms with Crippen molar-refractivity contribution in [2.75, 3.05) is 0 Å². The summed E-state index contributed by atoms with van der Waals surface area (Å²) in [5.74, 6) is 0. The van der Waals surface area contributed by atoms with Crippen molar-refractivity contribution in [1.29, 1.82) is 0 Å². The Morgan fingerprint density at radius 1 is 0.262 bits per heavy atom. The first-order valence-electron chi connectivity index (χ1n) is 22.6. The maximum atomic E-state index is 6.56. The lowest BCUT2D eigenvalue weighted by atomic mass is 9.82. The highest BCUT2D eigenvalue weighted by atomic mass is 16.3. The van der Waals surface area contributed by atoms with E-state index >= 15 is 0 Å². The third-order valence-electron chi connectivity index (χ3n) is 14.5. The molecule has 2 nitrogen and oxygen atoms in total. The van der Waals surface area contributed by atoms with Crippen molar-refractivity contribution >= 4 is 76.2 Å². The van der Waals surface area contributed by atoms with E-state index in [0.29, 0.717) is 0 Å². The summed E-state index contributed by atoms with van der Waals surface area (Å²) in [5.41, 5.74) is 18.4. The van der Waals surface area contributed by atoms with E-state index in [1.54, 1.807) is 0 Å². The van der Waals surface area contributed by atoms with E-state index in [1.165, 1.54) is 88.0 Å². The Labute approximate surface area is 375 Å². The molecule has 2 aromatic heterocycles. The van der Waals surface area contributed by atoms with Gasteiger partial charge in [-0.1, -0.05) is 178 Å². The minimum atomic E-state index is -0.0499. The molecule has 0 amide bonds. The lowest BCUT2D eigenvalue weighted by Crippen LogP contribution is -2.14. The van der Waals surface area contributed by atoms with Crippen LogP contribution >= 0.6 is 0 Å². The molecule has 0 bridgehead atoms. The van der Waals surface area contributed by atoms with Gasteiger partial charge in [0, 0.05) is 27.0 Å². The Kier molecular flexibility index (Phi) is 7.49. The Morgan fingerprint density at radius 3 is 1.23 bits per heavy atom. The Balaban J connectivity index is 0.773. The van der Waals surface area contributed by atoms with Crippen LogP contribution in [0, 0.1) is 0 Å². The molecule has 0 radical (unpaired) electrons. The maximum Gasteiger partial charge on any atom is 0.136 e. The third-order valence-corrected chi connectivity index (χ3v) is 14.5. The van der Waals surface area contributed by atoms with Crippen LogP contribution in [0.4, 0.5) is 0 Å². The second-order valence-corrected chi connectivity index (χ2v) is 18.4. The van der Waals surface area contributed by atoms with Gasteiger partial charge < -0.3 is 8.83 Å². The number of fused-ring (bicyclic) bond motifs is 15. The largest absolute Gasteiger partial charge is 0.456 e. The van der Waals surface area contributed by atoms with Crippen molar-refractivity contribution in [3.8, 4) is 55.6 Å². The molecule has 0 saturated heterocycles. The van der Waals surface area contributed by atoms with Gasteiger partial charge in [0.25, 0.3) is 0 Å². The molecule has 0 spiro atoms. The molecular formula is C63H40O2. The molecular weight excluding hydrogens is 789 g/mol. The van der Waals surface area contributed by atoms with Crippen molar-refractivity contribution in [2.45, 2.75) is 19.3 Å². The lowest BCUT2D eigenvalue weighted by Gasteiger charge is -2.21. The van der Waals surface area contributed by atoms with Crippen molar-refractivity contribution in [3.63, 3.8) is 0 Å².